The monoisotopic (exact) mass is 315 g/mol. The van der Waals surface area contributed by atoms with Crippen molar-refractivity contribution in [2.24, 2.45) is 0 Å². The molecule has 0 amide bonds. The number of benzene rings is 1. The highest BCUT2D eigenvalue weighted by Gasteiger charge is 2.10. The summed E-state index contributed by atoms with van der Waals surface area (Å²) in [6.45, 7) is 0.744. The molecule has 0 unspecified atom stereocenters. The van der Waals surface area contributed by atoms with Gasteiger partial charge in [-0.15, -0.1) is 5.10 Å². The van der Waals surface area contributed by atoms with E-state index in [4.69, 9.17) is 27.9 Å². The van der Waals surface area contributed by atoms with Crippen LogP contribution in [0.5, 0.6) is 5.75 Å². The Bertz CT molecular complexity index is 616. The van der Waals surface area contributed by atoms with E-state index in [1.165, 1.54) is 18.0 Å². The molecule has 0 fully saturated rings. The van der Waals surface area contributed by atoms with E-state index in [0.717, 1.165) is 0 Å². The molecule has 6 nitrogen and oxygen atoms in total. The summed E-state index contributed by atoms with van der Waals surface area (Å²) in [7, 11) is 1.28. The lowest BCUT2D eigenvalue weighted by atomic mass is 10.3. The number of methoxy groups -OCH3 is 1. The molecule has 2 aromatic rings. The first-order valence-electron chi connectivity index (χ1n) is 5.66. The summed E-state index contributed by atoms with van der Waals surface area (Å²) in [6.07, 6.45) is 1.48. The standard InChI is InChI=1S/C12H11Cl2N3O3/c1-19-12(18)10-7-17(16-15-10)4-5-20-11-3-2-8(13)6-9(11)14/h2-3,6-7H,4-5H2,1H3. The third-order valence-corrected chi connectivity index (χ3v) is 2.94. The summed E-state index contributed by atoms with van der Waals surface area (Å²) in [5.41, 5.74) is 0.150. The fourth-order valence-electron chi connectivity index (χ4n) is 1.45. The third-order valence-electron chi connectivity index (χ3n) is 2.41. The summed E-state index contributed by atoms with van der Waals surface area (Å²) < 4.78 is 11.5. The molecule has 0 atom stereocenters. The Morgan fingerprint density at radius 3 is 2.90 bits per heavy atom. The average molecular weight is 316 g/mol. The van der Waals surface area contributed by atoms with Gasteiger partial charge < -0.3 is 9.47 Å². The van der Waals surface area contributed by atoms with Gasteiger partial charge >= 0.3 is 5.97 Å². The zero-order chi connectivity index (χ0) is 14.5. The van der Waals surface area contributed by atoms with E-state index in [9.17, 15) is 4.79 Å². The number of ether oxygens (including phenoxy) is 2. The summed E-state index contributed by atoms with van der Waals surface area (Å²) in [5.74, 6) is 0.00212. The average Bonchev–Trinajstić information content (AvgIpc) is 2.89. The second kappa shape index (κ2) is 6.58. The highest BCUT2D eigenvalue weighted by molar-refractivity contribution is 6.35. The lowest BCUT2D eigenvalue weighted by Gasteiger charge is -2.07. The van der Waals surface area contributed by atoms with Gasteiger partial charge in [0.1, 0.15) is 12.4 Å². The summed E-state index contributed by atoms with van der Waals surface area (Å²) in [6, 6.07) is 4.97. The van der Waals surface area contributed by atoms with Gasteiger partial charge in [-0.1, -0.05) is 28.4 Å². The first-order chi connectivity index (χ1) is 9.60. The van der Waals surface area contributed by atoms with Crippen LogP contribution in [-0.4, -0.2) is 34.7 Å². The fourth-order valence-corrected chi connectivity index (χ4v) is 1.91. The number of hydrogen-bond acceptors (Lipinski definition) is 5. The van der Waals surface area contributed by atoms with Crippen LogP contribution in [0.2, 0.25) is 10.0 Å². The van der Waals surface area contributed by atoms with E-state index in [0.29, 0.717) is 28.9 Å². The van der Waals surface area contributed by atoms with Crippen LogP contribution in [-0.2, 0) is 11.3 Å². The molecule has 1 aromatic carbocycles. The molecule has 2 rings (SSSR count). The van der Waals surface area contributed by atoms with E-state index >= 15 is 0 Å². The number of rotatable bonds is 5. The van der Waals surface area contributed by atoms with Gasteiger partial charge in [-0.25, -0.2) is 9.48 Å². The molecule has 0 radical (unpaired) electrons. The molecule has 0 N–H and O–H groups in total. The molecule has 106 valence electrons. The maximum atomic E-state index is 11.2. The largest absolute Gasteiger partial charge is 0.490 e. The molecular formula is C12H11Cl2N3O3. The number of carbonyl (C=O) groups excluding carboxylic acids is 1. The Labute approximate surface area is 125 Å². The minimum atomic E-state index is -0.530. The van der Waals surface area contributed by atoms with Gasteiger partial charge in [0.05, 0.1) is 24.9 Å². The second-order valence-electron chi connectivity index (χ2n) is 3.78. The number of carbonyl (C=O) groups is 1. The molecule has 0 saturated carbocycles. The van der Waals surface area contributed by atoms with Crippen LogP contribution in [0.15, 0.2) is 24.4 Å². The van der Waals surface area contributed by atoms with Crippen LogP contribution in [0, 0.1) is 0 Å². The van der Waals surface area contributed by atoms with Crippen LogP contribution in [0.25, 0.3) is 0 Å². The summed E-state index contributed by atoms with van der Waals surface area (Å²) >= 11 is 11.8. The minimum Gasteiger partial charge on any atom is -0.490 e. The van der Waals surface area contributed by atoms with Gasteiger partial charge in [-0.2, -0.15) is 0 Å². The lowest BCUT2D eigenvalue weighted by Crippen LogP contribution is -2.09. The number of aromatic nitrogens is 3. The molecule has 8 heteroatoms. The molecule has 0 bridgehead atoms. The van der Waals surface area contributed by atoms with Crippen LogP contribution >= 0.6 is 23.2 Å². The van der Waals surface area contributed by atoms with Gasteiger partial charge in [0, 0.05) is 5.02 Å². The van der Waals surface area contributed by atoms with Crippen molar-refractivity contribution in [2.75, 3.05) is 13.7 Å². The summed E-state index contributed by atoms with van der Waals surface area (Å²) in [5, 5.41) is 8.45. The summed E-state index contributed by atoms with van der Waals surface area (Å²) in [4.78, 5) is 11.2. The Morgan fingerprint density at radius 1 is 1.40 bits per heavy atom. The second-order valence-corrected chi connectivity index (χ2v) is 4.63. The minimum absolute atomic E-state index is 0.150. The molecule has 0 aliphatic carbocycles. The van der Waals surface area contributed by atoms with Crippen LogP contribution in [0.4, 0.5) is 0 Å². The number of hydrogen-bond donors (Lipinski definition) is 0. The predicted octanol–water partition coefficient (Wildman–Crippen LogP) is 2.45. The number of nitrogens with zero attached hydrogens (tertiary/aromatic N) is 3. The van der Waals surface area contributed by atoms with E-state index in [2.05, 4.69) is 15.0 Å². The van der Waals surface area contributed by atoms with E-state index in [1.807, 2.05) is 0 Å². The van der Waals surface area contributed by atoms with E-state index in [-0.39, 0.29) is 5.69 Å². The molecule has 0 spiro atoms. The van der Waals surface area contributed by atoms with Crippen LogP contribution in [0.1, 0.15) is 10.5 Å². The zero-order valence-electron chi connectivity index (χ0n) is 10.5. The number of halogens is 2. The SMILES string of the molecule is COC(=O)c1cn(CCOc2ccc(Cl)cc2Cl)nn1. The van der Waals surface area contributed by atoms with Crippen molar-refractivity contribution < 1.29 is 14.3 Å². The Morgan fingerprint density at radius 2 is 2.20 bits per heavy atom. The van der Waals surface area contributed by atoms with E-state index < -0.39 is 5.97 Å². The van der Waals surface area contributed by atoms with Gasteiger partial charge in [0.2, 0.25) is 0 Å². The van der Waals surface area contributed by atoms with Crippen molar-refractivity contribution in [2.45, 2.75) is 6.54 Å². The Kier molecular flexibility index (Phi) is 4.81. The number of esters is 1. The molecule has 1 aromatic heterocycles. The Balaban J connectivity index is 1.89. The van der Waals surface area contributed by atoms with Gasteiger partial charge in [0.25, 0.3) is 0 Å². The van der Waals surface area contributed by atoms with Gasteiger partial charge in [-0.05, 0) is 18.2 Å². The van der Waals surface area contributed by atoms with Crippen LogP contribution in [0.3, 0.4) is 0 Å². The van der Waals surface area contributed by atoms with Crippen molar-refractivity contribution in [3.63, 3.8) is 0 Å². The molecule has 0 aliphatic heterocycles. The normalized spacial score (nSPS) is 10.3. The van der Waals surface area contributed by atoms with E-state index in [1.54, 1.807) is 18.2 Å². The van der Waals surface area contributed by atoms with Crippen molar-refractivity contribution >= 4 is 29.2 Å². The van der Waals surface area contributed by atoms with Crippen molar-refractivity contribution in [1.29, 1.82) is 0 Å². The van der Waals surface area contributed by atoms with Crippen molar-refractivity contribution in [1.82, 2.24) is 15.0 Å². The van der Waals surface area contributed by atoms with Gasteiger partial charge in [-0.3, -0.25) is 0 Å². The van der Waals surface area contributed by atoms with Crippen LogP contribution < -0.4 is 4.74 Å². The topological polar surface area (TPSA) is 66.2 Å². The molecule has 0 saturated heterocycles. The molecule has 0 aliphatic rings. The maximum absolute atomic E-state index is 11.2. The molecule has 1 heterocycles. The highest BCUT2D eigenvalue weighted by atomic mass is 35.5. The van der Waals surface area contributed by atoms with Gasteiger partial charge in [0.15, 0.2) is 5.69 Å². The first-order valence-corrected chi connectivity index (χ1v) is 6.42. The predicted molar refractivity (Wildman–Crippen MR) is 73.3 cm³/mol. The van der Waals surface area contributed by atoms with Crippen molar-refractivity contribution in [3.05, 3.63) is 40.1 Å². The lowest BCUT2D eigenvalue weighted by molar-refractivity contribution is 0.0594. The zero-order valence-corrected chi connectivity index (χ0v) is 12.1. The Hall–Kier alpha value is -1.79. The molecule has 20 heavy (non-hydrogen) atoms. The van der Waals surface area contributed by atoms with Crippen molar-refractivity contribution in [3.8, 4) is 5.75 Å². The quantitative estimate of drug-likeness (QED) is 0.793. The smallest absolute Gasteiger partial charge is 0.360 e. The molecular weight excluding hydrogens is 305 g/mol. The fraction of sp³-hybridized carbons (Fsp3) is 0.250. The first kappa shape index (κ1) is 14.6. The maximum Gasteiger partial charge on any atom is 0.360 e. The third kappa shape index (κ3) is 3.61. The highest BCUT2D eigenvalue weighted by Crippen LogP contribution is 2.27.